The van der Waals surface area contributed by atoms with Crippen LogP contribution >= 0.6 is 23.2 Å². The Kier molecular flexibility index (Phi) is 4.49. The van der Waals surface area contributed by atoms with Crippen LogP contribution < -0.4 is 5.32 Å². The van der Waals surface area contributed by atoms with Crippen molar-refractivity contribution < 1.29 is 4.79 Å². The maximum Gasteiger partial charge on any atom is 0.321 e. The number of urea groups is 1. The highest BCUT2D eigenvalue weighted by Crippen LogP contribution is 2.26. The van der Waals surface area contributed by atoms with Gasteiger partial charge in [-0.05, 0) is 31.0 Å². The van der Waals surface area contributed by atoms with E-state index in [-0.39, 0.29) is 6.03 Å². The second-order valence-electron chi connectivity index (χ2n) is 5.16. The molecule has 1 N–H and O–H groups in total. The topological polar surface area (TPSA) is 63.1 Å². The van der Waals surface area contributed by atoms with Gasteiger partial charge < -0.3 is 10.2 Å². The van der Waals surface area contributed by atoms with Crippen LogP contribution in [0.5, 0.6) is 0 Å². The number of hydrogen-bond acceptors (Lipinski definition) is 3. The van der Waals surface area contributed by atoms with Crippen molar-refractivity contribution in [1.82, 2.24) is 19.9 Å². The van der Waals surface area contributed by atoms with E-state index in [2.05, 4.69) is 15.6 Å². The first kappa shape index (κ1) is 15.1. The van der Waals surface area contributed by atoms with Crippen molar-refractivity contribution in [3.8, 4) is 0 Å². The Morgan fingerprint density at radius 1 is 1.23 bits per heavy atom. The molecule has 0 saturated carbocycles. The largest absolute Gasteiger partial charge is 0.324 e. The van der Waals surface area contributed by atoms with Gasteiger partial charge in [0.15, 0.2) is 0 Å². The third-order valence-electron chi connectivity index (χ3n) is 3.74. The van der Waals surface area contributed by atoms with Crippen molar-refractivity contribution in [3.63, 3.8) is 0 Å². The Labute approximate surface area is 138 Å². The van der Waals surface area contributed by atoms with Gasteiger partial charge in [0.2, 0.25) is 0 Å². The van der Waals surface area contributed by atoms with Crippen LogP contribution in [0.1, 0.15) is 18.9 Å². The number of carbonyl (C=O) groups excluding carboxylic acids is 1. The van der Waals surface area contributed by atoms with Gasteiger partial charge in [-0.25, -0.2) is 9.48 Å². The van der Waals surface area contributed by atoms with E-state index in [9.17, 15) is 4.79 Å². The van der Waals surface area contributed by atoms with E-state index in [1.54, 1.807) is 29.3 Å². The summed E-state index contributed by atoms with van der Waals surface area (Å²) in [5, 5.41) is 11.6. The molecule has 2 amide bonds. The normalized spacial score (nSPS) is 15.8. The zero-order chi connectivity index (χ0) is 15.5. The molecule has 1 fully saturated rings. The fraction of sp³-hybridized carbons (Fsp3) is 0.357. The van der Waals surface area contributed by atoms with Gasteiger partial charge in [-0.2, -0.15) is 0 Å². The highest BCUT2D eigenvalue weighted by Gasteiger charge is 2.24. The fourth-order valence-electron chi connectivity index (χ4n) is 2.52. The maximum atomic E-state index is 12.3. The molecular formula is C14H15Cl2N5O. The number of piperidine rings is 1. The summed E-state index contributed by atoms with van der Waals surface area (Å²) < 4.78 is 1.86. The van der Waals surface area contributed by atoms with Crippen LogP contribution in [0.4, 0.5) is 10.5 Å². The van der Waals surface area contributed by atoms with Gasteiger partial charge in [-0.15, -0.1) is 5.10 Å². The lowest BCUT2D eigenvalue weighted by Gasteiger charge is -2.31. The third kappa shape index (κ3) is 3.34. The lowest BCUT2D eigenvalue weighted by Crippen LogP contribution is -2.41. The van der Waals surface area contributed by atoms with E-state index < -0.39 is 0 Å². The van der Waals surface area contributed by atoms with Gasteiger partial charge in [0, 0.05) is 25.0 Å². The number of likely N-dealkylation sites (tertiary alicyclic amines) is 1. The molecule has 2 heterocycles. The van der Waals surface area contributed by atoms with E-state index in [1.807, 2.05) is 10.9 Å². The molecule has 1 aliphatic rings. The van der Waals surface area contributed by atoms with E-state index >= 15 is 0 Å². The number of anilines is 1. The monoisotopic (exact) mass is 339 g/mol. The lowest BCUT2D eigenvalue weighted by molar-refractivity contribution is 0.179. The molecule has 3 rings (SSSR count). The Morgan fingerprint density at radius 2 is 2.00 bits per heavy atom. The molecule has 1 aliphatic heterocycles. The summed E-state index contributed by atoms with van der Waals surface area (Å²) >= 11 is 11.8. The average Bonchev–Trinajstić information content (AvgIpc) is 3.05. The van der Waals surface area contributed by atoms with Gasteiger partial charge in [-0.1, -0.05) is 28.4 Å². The number of nitrogens with zero attached hydrogens (tertiary/aromatic N) is 4. The minimum Gasteiger partial charge on any atom is -0.324 e. The average molecular weight is 340 g/mol. The van der Waals surface area contributed by atoms with Crippen LogP contribution in [0.15, 0.2) is 30.6 Å². The van der Waals surface area contributed by atoms with Gasteiger partial charge in [0.1, 0.15) is 0 Å². The van der Waals surface area contributed by atoms with E-state index in [4.69, 9.17) is 23.2 Å². The second kappa shape index (κ2) is 6.54. The van der Waals surface area contributed by atoms with Crippen molar-refractivity contribution in [1.29, 1.82) is 0 Å². The molecule has 2 aromatic rings. The first-order valence-electron chi connectivity index (χ1n) is 7.00. The van der Waals surface area contributed by atoms with Gasteiger partial charge in [0.05, 0.1) is 22.3 Å². The minimum atomic E-state index is -0.129. The molecule has 0 unspecified atom stereocenters. The molecule has 1 aromatic heterocycles. The van der Waals surface area contributed by atoms with Gasteiger partial charge in [-0.3, -0.25) is 0 Å². The summed E-state index contributed by atoms with van der Waals surface area (Å²) in [6, 6.07) is 5.21. The highest BCUT2D eigenvalue weighted by atomic mass is 35.5. The highest BCUT2D eigenvalue weighted by molar-refractivity contribution is 6.42. The summed E-state index contributed by atoms with van der Waals surface area (Å²) in [4.78, 5) is 14.0. The Hall–Kier alpha value is -1.79. The van der Waals surface area contributed by atoms with Crippen molar-refractivity contribution in [2.24, 2.45) is 0 Å². The molecular weight excluding hydrogens is 325 g/mol. The number of aromatic nitrogens is 3. The number of benzene rings is 1. The Bertz CT molecular complexity index is 653. The summed E-state index contributed by atoms with van der Waals surface area (Å²) in [7, 11) is 0. The number of halogens is 2. The molecule has 0 bridgehead atoms. The molecule has 22 heavy (non-hydrogen) atoms. The molecule has 8 heteroatoms. The number of amides is 2. The molecule has 1 aromatic carbocycles. The van der Waals surface area contributed by atoms with Crippen molar-refractivity contribution in [3.05, 3.63) is 40.6 Å². The van der Waals surface area contributed by atoms with Crippen molar-refractivity contribution in [2.45, 2.75) is 18.9 Å². The van der Waals surface area contributed by atoms with Crippen molar-refractivity contribution >= 4 is 34.9 Å². The SMILES string of the molecule is O=C(Nc1ccc(Cl)c(Cl)c1)N1CCC(n2ccnn2)CC1. The molecule has 0 radical (unpaired) electrons. The van der Waals surface area contributed by atoms with Gasteiger partial charge in [0.25, 0.3) is 0 Å². The predicted octanol–water partition coefficient (Wildman–Crippen LogP) is 3.45. The zero-order valence-corrected chi connectivity index (χ0v) is 13.3. The van der Waals surface area contributed by atoms with E-state index in [0.717, 1.165) is 12.8 Å². The molecule has 6 nitrogen and oxygen atoms in total. The summed E-state index contributed by atoms with van der Waals surface area (Å²) in [6.45, 7) is 1.36. The molecule has 1 saturated heterocycles. The first-order chi connectivity index (χ1) is 10.6. The predicted molar refractivity (Wildman–Crippen MR) is 85.3 cm³/mol. The maximum absolute atomic E-state index is 12.3. The van der Waals surface area contributed by atoms with Crippen LogP contribution in [-0.2, 0) is 0 Å². The summed E-state index contributed by atoms with van der Waals surface area (Å²) in [5.74, 6) is 0. The van der Waals surface area contributed by atoms with Crippen LogP contribution in [0, 0.1) is 0 Å². The zero-order valence-electron chi connectivity index (χ0n) is 11.7. The fourth-order valence-corrected chi connectivity index (χ4v) is 2.82. The van der Waals surface area contributed by atoms with E-state index in [1.165, 1.54) is 0 Å². The minimum absolute atomic E-state index is 0.129. The Morgan fingerprint density at radius 3 is 2.64 bits per heavy atom. The second-order valence-corrected chi connectivity index (χ2v) is 5.97. The molecule has 0 atom stereocenters. The van der Waals surface area contributed by atoms with Crippen LogP contribution in [0.3, 0.4) is 0 Å². The number of nitrogens with one attached hydrogen (secondary N) is 1. The molecule has 0 spiro atoms. The Balaban J connectivity index is 1.56. The first-order valence-corrected chi connectivity index (χ1v) is 7.76. The number of hydrogen-bond donors (Lipinski definition) is 1. The van der Waals surface area contributed by atoms with Crippen LogP contribution in [-0.4, -0.2) is 39.0 Å². The molecule has 116 valence electrons. The van der Waals surface area contributed by atoms with Crippen LogP contribution in [0.25, 0.3) is 0 Å². The quantitative estimate of drug-likeness (QED) is 0.911. The van der Waals surface area contributed by atoms with E-state index in [0.29, 0.717) is 34.9 Å². The summed E-state index contributed by atoms with van der Waals surface area (Å²) in [5.41, 5.74) is 0.637. The standard InChI is InChI=1S/C14H15Cl2N5O/c15-12-2-1-10(9-13(12)16)18-14(22)20-6-3-11(4-7-20)21-8-5-17-19-21/h1-2,5,8-9,11H,3-4,6-7H2,(H,18,22). The van der Waals surface area contributed by atoms with Gasteiger partial charge >= 0.3 is 6.03 Å². The smallest absolute Gasteiger partial charge is 0.321 e. The number of rotatable bonds is 2. The third-order valence-corrected chi connectivity index (χ3v) is 4.48. The number of carbonyl (C=O) groups is 1. The van der Waals surface area contributed by atoms with Crippen LogP contribution in [0.2, 0.25) is 10.0 Å². The van der Waals surface area contributed by atoms with Crippen molar-refractivity contribution in [2.75, 3.05) is 18.4 Å². The summed E-state index contributed by atoms with van der Waals surface area (Å²) in [6.07, 6.45) is 5.25. The lowest BCUT2D eigenvalue weighted by atomic mass is 10.1. The molecule has 0 aliphatic carbocycles.